The highest BCUT2D eigenvalue weighted by Gasteiger charge is 2.22. The van der Waals surface area contributed by atoms with Gasteiger partial charge >= 0.3 is 0 Å². The number of rotatable bonds is 3. The fourth-order valence-electron chi connectivity index (χ4n) is 2.87. The molecule has 1 aliphatic heterocycles. The summed E-state index contributed by atoms with van der Waals surface area (Å²) < 4.78 is 0. The van der Waals surface area contributed by atoms with Crippen LogP contribution in [0.3, 0.4) is 0 Å². The zero-order valence-electron chi connectivity index (χ0n) is 12.8. The lowest BCUT2D eigenvalue weighted by Crippen LogP contribution is -2.39. The lowest BCUT2D eigenvalue weighted by Gasteiger charge is -2.31. The first kappa shape index (κ1) is 14.6. The number of benzene rings is 1. The number of pyridine rings is 1. The Bertz CT molecular complexity index is 642. The number of nitrogens with zero attached hydrogens (tertiary/aromatic N) is 2. The molecule has 0 saturated carbocycles. The summed E-state index contributed by atoms with van der Waals surface area (Å²) in [5.41, 5.74) is 2.47. The van der Waals surface area contributed by atoms with Gasteiger partial charge < -0.3 is 10.2 Å². The van der Waals surface area contributed by atoms with E-state index in [-0.39, 0.29) is 5.91 Å². The number of anilines is 2. The van der Waals surface area contributed by atoms with Crippen LogP contribution in [0.25, 0.3) is 0 Å². The maximum atomic E-state index is 12.6. The number of para-hydroxylation sites is 1. The highest BCUT2D eigenvalue weighted by Crippen LogP contribution is 2.20. The Morgan fingerprint density at radius 1 is 1.23 bits per heavy atom. The molecule has 3 rings (SSSR count). The topological polar surface area (TPSA) is 45.2 Å². The predicted molar refractivity (Wildman–Crippen MR) is 88.3 cm³/mol. The van der Waals surface area contributed by atoms with Crippen molar-refractivity contribution in [1.29, 1.82) is 0 Å². The maximum Gasteiger partial charge on any atom is 0.255 e. The van der Waals surface area contributed by atoms with Crippen molar-refractivity contribution in [1.82, 2.24) is 9.88 Å². The van der Waals surface area contributed by atoms with Crippen molar-refractivity contribution in [2.75, 3.05) is 18.4 Å². The van der Waals surface area contributed by atoms with Crippen molar-refractivity contribution >= 4 is 17.3 Å². The van der Waals surface area contributed by atoms with Gasteiger partial charge in [0, 0.05) is 25.0 Å². The second-order valence-electron chi connectivity index (χ2n) is 5.95. The van der Waals surface area contributed by atoms with Gasteiger partial charge in [-0.15, -0.1) is 0 Å². The van der Waals surface area contributed by atoms with Gasteiger partial charge in [-0.25, -0.2) is 0 Å². The Morgan fingerprint density at radius 2 is 2.05 bits per heavy atom. The minimum Gasteiger partial charge on any atom is -0.354 e. The van der Waals surface area contributed by atoms with Gasteiger partial charge in [-0.05, 0) is 37.0 Å². The molecule has 1 saturated heterocycles. The molecule has 1 aliphatic rings. The third kappa shape index (κ3) is 3.45. The molecule has 0 aliphatic carbocycles. The smallest absolute Gasteiger partial charge is 0.255 e. The highest BCUT2D eigenvalue weighted by molar-refractivity contribution is 5.95. The van der Waals surface area contributed by atoms with Crippen LogP contribution in [-0.4, -0.2) is 28.9 Å². The third-order valence-electron chi connectivity index (χ3n) is 3.99. The number of piperidine rings is 1. The Labute approximate surface area is 131 Å². The van der Waals surface area contributed by atoms with Crippen LogP contribution in [0, 0.1) is 5.92 Å². The molecule has 1 aromatic heterocycles. The largest absolute Gasteiger partial charge is 0.354 e. The third-order valence-corrected chi connectivity index (χ3v) is 3.99. The summed E-state index contributed by atoms with van der Waals surface area (Å²) in [5.74, 6) is 0.659. The summed E-state index contributed by atoms with van der Waals surface area (Å²) in [4.78, 5) is 18.8. The van der Waals surface area contributed by atoms with Crippen molar-refractivity contribution in [3.05, 3.63) is 54.4 Å². The quantitative estimate of drug-likeness (QED) is 0.939. The molecule has 22 heavy (non-hydrogen) atoms. The van der Waals surface area contributed by atoms with Gasteiger partial charge in [0.05, 0.1) is 17.4 Å². The van der Waals surface area contributed by atoms with E-state index in [0.29, 0.717) is 11.5 Å². The molecule has 1 unspecified atom stereocenters. The SMILES string of the molecule is CC1CCCN(C(=O)c2cncc(Nc3ccccc3)c2)C1. The Hall–Kier alpha value is -2.36. The van der Waals surface area contributed by atoms with E-state index in [4.69, 9.17) is 0 Å². The molecule has 2 heterocycles. The molecule has 4 heteroatoms. The van der Waals surface area contributed by atoms with E-state index in [1.807, 2.05) is 41.3 Å². The van der Waals surface area contributed by atoms with E-state index in [0.717, 1.165) is 30.9 Å². The second-order valence-corrected chi connectivity index (χ2v) is 5.95. The molecule has 1 aromatic carbocycles. The Kier molecular flexibility index (Phi) is 4.37. The van der Waals surface area contributed by atoms with Gasteiger partial charge in [0.25, 0.3) is 5.91 Å². The van der Waals surface area contributed by atoms with Crippen LogP contribution in [0.4, 0.5) is 11.4 Å². The number of nitrogens with one attached hydrogen (secondary N) is 1. The van der Waals surface area contributed by atoms with Crippen LogP contribution < -0.4 is 5.32 Å². The number of carbonyl (C=O) groups is 1. The second kappa shape index (κ2) is 6.60. The number of carbonyl (C=O) groups excluding carboxylic acids is 1. The summed E-state index contributed by atoms with van der Waals surface area (Å²) >= 11 is 0. The predicted octanol–water partition coefficient (Wildman–Crippen LogP) is 3.70. The molecule has 4 nitrogen and oxygen atoms in total. The van der Waals surface area contributed by atoms with Gasteiger partial charge in [0.1, 0.15) is 0 Å². The summed E-state index contributed by atoms with van der Waals surface area (Å²) in [5, 5.41) is 3.28. The summed E-state index contributed by atoms with van der Waals surface area (Å²) in [6.07, 6.45) is 5.68. The van der Waals surface area contributed by atoms with Gasteiger partial charge in [0.2, 0.25) is 0 Å². The van der Waals surface area contributed by atoms with Gasteiger partial charge in [-0.3, -0.25) is 9.78 Å². The van der Waals surface area contributed by atoms with Crippen LogP contribution in [0.15, 0.2) is 48.8 Å². The minimum absolute atomic E-state index is 0.0794. The average molecular weight is 295 g/mol. The van der Waals surface area contributed by atoms with E-state index in [1.54, 1.807) is 12.4 Å². The highest BCUT2D eigenvalue weighted by atomic mass is 16.2. The van der Waals surface area contributed by atoms with E-state index in [9.17, 15) is 4.79 Å². The molecule has 1 N–H and O–H groups in total. The van der Waals surface area contributed by atoms with Crippen molar-refractivity contribution in [2.45, 2.75) is 19.8 Å². The van der Waals surface area contributed by atoms with Gasteiger partial charge in [0.15, 0.2) is 0 Å². The first-order chi connectivity index (χ1) is 10.7. The summed E-state index contributed by atoms with van der Waals surface area (Å²) in [6, 6.07) is 11.8. The fraction of sp³-hybridized carbons (Fsp3) is 0.333. The molecule has 114 valence electrons. The molecule has 1 fully saturated rings. The van der Waals surface area contributed by atoms with E-state index in [2.05, 4.69) is 17.2 Å². The van der Waals surface area contributed by atoms with Crippen molar-refractivity contribution < 1.29 is 4.79 Å². The van der Waals surface area contributed by atoms with Crippen LogP contribution in [-0.2, 0) is 0 Å². The van der Waals surface area contributed by atoms with Crippen LogP contribution >= 0.6 is 0 Å². The number of amides is 1. The van der Waals surface area contributed by atoms with E-state index < -0.39 is 0 Å². The zero-order valence-corrected chi connectivity index (χ0v) is 12.8. The first-order valence-corrected chi connectivity index (χ1v) is 7.79. The number of hydrogen-bond acceptors (Lipinski definition) is 3. The fourth-order valence-corrected chi connectivity index (χ4v) is 2.87. The minimum atomic E-state index is 0.0794. The number of hydrogen-bond donors (Lipinski definition) is 1. The van der Waals surface area contributed by atoms with E-state index >= 15 is 0 Å². The first-order valence-electron chi connectivity index (χ1n) is 7.79. The van der Waals surface area contributed by atoms with Gasteiger partial charge in [-0.1, -0.05) is 25.1 Å². The normalized spacial score (nSPS) is 18.0. The van der Waals surface area contributed by atoms with Crippen LogP contribution in [0.5, 0.6) is 0 Å². The molecule has 0 radical (unpaired) electrons. The van der Waals surface area contributed by atoms with Gasteiger partial charge in [-0.2, -0.15) is 0 Å². The lowest BCUT2D eigenvalue weighted by atomic mass is 10.00. The Morgan fingerprint density at radius 3 is 2.82 bits per heavy atom. The molecule has 0 spiro atoms. The molecule has 1 atom stereocenters. The standard InChI is InChI=1S/C18H21N3O/c1-14-6-5-9-21(13-14)18(22)15-10-17(12-19-11-15)20-16-7-3-2-4-8-16/h2-4,7-8,10-12,14,20H,5-6,9,13H2,1H3. The maximum absolute atomic E-state index is 12.6. The van der Waals surface area contributed by atoms with Crippen LogP contribution in [0.1, 0.15) is 30.1 Å². The summed E-state index contributed by atoms with van der Waals surface area (Å²) in [7, 11) is 0. The number of aromatic nitrogens is 1. The molecule has 0 bridgehead atoms. The van der Waals surface area contributed by atoms with E-state index in [1.165, 1.54) is 6.42 Å². The molecule has 2 aromatic rings. The average Bonchev–Trinajstić information content (AvgIpc) is 2.55. The molecular weight excluding hydrogens is 274 g/mol. The monoisotopic (exact) mass is 295 g/mol. The van der Waals surface area contributed by atoms with Crippen molar-refractivity contribution in [2.24, 2.45) is 5.92 Å². The molecule has 1 amide bonds. The summed E-state index contributed by atoms with van der Waals surface area (Å²) in [6.45, 7) is 3.89. The number of likely N-dealkylation sites (tertiary alicyclic amines) is 1. The Balaban J connectivity index is 1.74. The molecular formula is C18H21N3O. The van der Waals surface area contributed by atoms with Crippen LogP contribution in [0.2, 0.25) is 0 Å². The zero-order chi connectivity index (χ0) is 15.4. The lowest BCUT2D eigenvalue weighted by molar-refractivity contribution is 0.0682. The van der Waals surface area contributed by atoms with Crippen molar-refractivity contribution in [3.63, 3.8) is 0 Å². The van der Waals surface area contributed by atoms with Crippen molar-refractivity contribution in [3.8, 4) is 0 Å².